The number of hydrogen-bond donors (Lipinski definition) is 1. The minimum atomic E-state index is -0.624. The van der Waals surface area contributed by atoms with Crippen LogP contribution in [0.5, 0.6) is 5.75 Å². The highest BCUT2D eigenvalue weighted by Crippen LogP contribution is 2.24. The highest BCUT2D eigenvalue weighted by Gasteiger charge is 2.23. The van der Waals surface area contributed by atoms with Gasteiger partial charge in [-0.2, -0.15) is 0 Å². The molecular weight excluding hydrogens is 384 g/mol. The lowest BCUT2D eigenvalue weighted by Crippen LogP contribution is -2.33. The quantitative estimate of drug-likeness (QED) is 0.573. The Bertz CT molecular complexity index is 996. The molecule has 0 saturated carbocycles. The normalized spacial score (nSPS) is 11.6. The third-order valence-corrected chi connectivity index (χ3v) is 4.69. The van der Waals surface area contributed by atoms with Crippen LogP contribution in [0.2, 0.25) is 0 Å². The van der Waals surface area contributed by atoms with E-state index in [1.54, 1.807) is 14.0 Å². The van der Waals surface area contributed by atoms with Gasteiger partial charge in [-0.3, -0.25) is 4.79 Å². The van der Waals surface area contributed by atoms with Crippen molar-refractivity contribution in [2.24, 2.45) is 0 Å². The van der Waals surface area contributed by atoms with Gasteiger partial charge in [-0.05, 0) is 36.6 Å². The fraction of sp³-hybridized carbons (Fsp3) is 0.261. The summed E-state index contributed by atoms with van der Waals surface area (Å²) in [6.07, 6.45) is 0.529. The second kappa shape index (κ2) is 9.73. The zero-order valence-corrected chi connectivity index (χ0v) is 17.2. The predicted octanol–water partition coefficient (Wildman–Crippen LogP) is 3.62. The first-order chi connectivity index (χ1) is 14.5. The zero-order valence-electron chi connectivity index (χ0n) is 17.2. The summed E-state index contributed by atoms with van der Waals surface area (Å²) in [5.41, 5.74) is 2.58. The van der Waals surface area contributed by atoms with Gasteiger partial charge in [0.15, 0.2) is 6.61 Å². The van der Waals surface area contributed by atoms with Crippen LogP contribution in [-0.4, -0.2) is 30.7 Å². The maximum Gasteiger partial charge on any atom is 0.344 e. The van der Waals surface area contributed by atoms with Crippen molar-refractivity contribution < 1.29 is 23.6 Å². The van der Waals surface area contributed by atoms with Crippen molar-refractivity contribution in [3.05, 3.63) is 82.7 Å². The molecule has 0 bridgehead atoms. The van der Waals surface area contributed by atoms with Gasteiger partial charge < -0.3 is 19.3 Å². The summed E-state index contributed by atoms with van der Waals surface area (Å²) in [6.45, 7) is 3.09. The zero-order chi connectivity index (χ0) is 21.5. The number of ether oxygens (including phenoxy) is 2. The monoisotopic (exact) mass is 408 g/mol. The van der Waals surface area contributed by atoms with Gasteiger partial charge in [0.1, 0.15) is 17.1 Å². The number of aryl methyl sites for hydroxylation is 2. The summed E-state index contributed by atoms with van der Waals surface area (Å²) in [5.74, 6) is 0.0564. The Morgan fingerprint density at radius 1 is 1.07 bits per heavy atom. The van der Waals surface area contributed by atoms with E-state index in [1.165, 1.54) is 0 Å². The minimum absolute atomic E-state index is 0.278. The molecule has 2 aromatic carbocycles. The maximum absolute atomic E-state index is 12.6. The molecule has 1 heterocycles. The maximum atomic E-state index is 12.6. The summed E-state index contributed by atoms with van der Waals surface area (Å²) >= 11 is 0. The van der Waals surface area contributed by atoms with Crippen LogP contribution in [0.3, 0.4) is 0 Å². The van der Waals surface area contributed by atoms with E-state index in [9.17, 15) is 9.59 Å². The van der Waals surface area contributed by atoms with E-state index in [-0.39, 0.29) is 5.56 Å². The molecule has 0 aliphatic heterocycles. The van der Waals surface area contributed by atoms with Crippen molar-refractivity contribution >= 4 is 11.9 Å². The van der Waals surface area contributed by atoms with Crippen molar-refractivity contribution in [1.82, 2.24) is 10.5 Å². The van der Waals surface area contributed by atoms with E-state index in [0.29, 0.717) is 17.9 Å². The molecule has 156 valence electrons. The van der Waals surface area contributed by atoms with E-state index in [0.717, 1.165) is 16.9 Å². The standard InChI is InChI=1S/C23H24N2O5/c1-4-19-21(15(2)30-25-19)23(27)29-14-20(26)24-22(16-8-6-5-7-9-16)17-10-12-18(28-3)13-11-17/h5-13,22H,4,14H2,1-3H3,(H,24,26)/t22-/m0/s1. The highest BCUT2D eigenvalue weighted by molar-refractivity contribution is 5.93. The Kier molecular flexibility index (Phi) is 6.85. The summed E-state index contributed by atoms with van der Waals surface area (Å²) < 4.78 is 15.5. The molecule has 0 radical (unpaired) electrons. The van der Waals surface area contributed by atoms with E-state index >= 15 is 0 Å². The number of rotatable bonds is 8. The lowest BCUT2D eigenvalue weighted by atomic mass is 9.98. The molecule has 0 fully saturated rings. The molecule has 0 aliphatic carbocycles. The molecule has 7 heteroatoms. The van der Waals surface area contributed by atoms with E-state index in [1.807, 2.05) is 61.5 Å². The van der Waals surface area contributed by atoms with Crippen LogP contribution in [0, 0.1) is 6.92 Å². The van der Waals surface area contributed by atoms with Gasteiger partial charge >= 0.3 is 5.97 Å². The Labute approximate surface area is 175 Å². The van der Waals surface area contributed by atoms with Gasteiger partial charge in [0.2, 0.25) is 0 Å². The number of carbonyl (C=O) groups excluding carboxylic acids is 2. The highest BCUT2D eigenvalue weighted by atomic mass is 16.5. The molecule has 30 heavy (non-hydrogen) atoms. The first-order valence-corrected chi connectivity index (χ1v) is 9.64. The predicted molar refractivity (Wildman–Crippen MR) is 110 cm³/mol. The Morgan fingerprint density at radius 3 is 2.37 bits per heavy atom. The Hall–Kier alpha value is -3.61. The van der Waals surface area contributed by atoms with Crippen molar-refractivity contribution in [2.45, 2.75) is 26.3 Å². The van der Waals surface area contributed by atoms with Crippen LogP contribution in [0.4, 0.5) is 0 Å². The molecule has 0 saturated heterocycles. The molecule has 0 spiro atoms. The summed E-state index contributed by atoms with van der Waals surface area (Å²) in [4.78, 5) is 25.0. The summed E-state index contributed by atoms with van der Waals surface area (Å²) in [6, 6.07) is 16.6. The molecular formula is C23H24N2O5. The van der Waals surface area contributed by atoms with Crippen molar-refractivity contribution in [1.29, 1.82) is 0 Å². The minimum Gasteiger partial charge on any atom is -0.497 e. The van der Waals surface area contributed by atoms with Gasteiger partial charge in [0.05, 0.1) is 18.8 Å². The number of nitrogens with one attached hydrogen (secondary N) is 1. The van der Waals surface area contributed by atoms with Crippen molar-refractivity contribution in [2.75, 3.05) is 13.7 Å². The molecule has 1 aromatic heterocycles. The van der Waals surface area contributed by atoms with Crippen LogP contribution in [0.1, 0.15) is 45.9 Å². The van der Waals surface area contributed by atoms with Gasteiger partial charge in [-0.25, -0.2) is 4.79 Å². The Morgan fingerprint density at radius 2 is 1.73 bits per heavy atom. The number of methoxy groups -OCH3 is 1. The fourth-order valence-corrected chi connectivity index (χ4v) is 3.13. The summed E-state index contributed by atoms with van der Waals surface area (Å²) in [5, 5.41) is 6.77. The third kappa shape index (κ3) is 4.86. The average Bonchev–Trinajstić information content (AvgIpc) is 3.17. The van der Waals surface area contributed by atoms with Gasteiger partial charge in [-0.1, -0.05) is 54.5 Å². The number of esters is 1. The molecule has 7 nitrogen and oxygen atoms in total. The topological polar surface area (TPSA) is 90.7 Å². The average molecular weight is 408 g/mol. The first-order valence-electron chi connectivity index (χ1n) is 9.64. The number of amides is 1. The van der Waals surface area contributed by atoms with Gasteiger partial charge in [0, 0.05) is 0 Å². The largest absolute Gasteiger partial charge is 0.497 e. The SMILES string of the molecule is CCc1noc(C)c1C(=O)OCC(=O)N[C@@H](c1ccccc1)c1ccc(OC)cc1. The summed E-state index contributed by atoms with van der Waals surface area (Å²) in [7, 11) is 1.60. The van der Waals surface area contributed by atoms with Crippen molar-refractivity contribution in [3.63, 3.8) is 0 Å². The van der Waals surface area contributed by atoms with Crippen molar-refractivity contribution in [3.8, 4) is 5.75 Å². The smallest absolute Gasteiger partial charge is 0.344 e. The molecule has 1 N–H and O–H groups in total. The molecule has 0 unspecified atom stereocenters. The Balaban J connectivity index is 1.72. The van der Waals surface area contributed by atoms with E-state index in [2.05, 4.69) is 10.5 Å². The first kappa shape index (κ1) is 21.1. The van der Waals surface area contributed by atoms with E-state index < -0.39 is 24.5 Å². The number of hydrogen-bond acceptors (Lipinski definition) is 6. The van der Waals surface area contributed by atoms with Crippen LogP contribution in [0.25, 0.3) is 0 Å². The second-order valence-electron chi connectivity index (χ2n) is 6.67. The molecule has 3 rings (SSSR count). The second-order valence-corrected chi connectivity index (χ2v) is 6.67. The lowest BCUT2D eigenvalue weighted by Gasteiger charge is -2.20. The molecule has 1 amide bonds. The molecule has 3 aromatic rings. The number of benzene rings is 2. The third-order valence-electron chi connectivity index (χ3n) is 4.69. The van der Waals surface area contributed by atoms with E-state index in [4.69, 9.17) is 14.0 Å². The van der Waals surface area contributed by atoms with Crippen LogP contribution >= 0.6 is 0 Å². The van der Waals surface area contributed by atoms with Gasteiger partial charge in [0.25, 0.3) is 5.91 Å². The lowest BCUT2D eigenvalue weighted by molar-refractivity contribution is -0.124. The number of nitrogens with zero attached hydrogens (tertiary/aromatic N) is 1. The van der Waals surface area contributed by atoms with Crippen LogP contribution < -0.4 is 10.1 Å². The van der Waals surface area contributed by atoms with Crippen LogP contribution in [0.15, 0.2) is 59.1 Å². The van der Waals surface area contributed by atoms with Gasteiger partial charge in [-0.15, -0.1) is 0 Å². The number of carbonyl (C=O) groups is 2. The number of aromatic nitrogens is 1. The molecule has 0 aliphatic rings. The van der Waals surface area contributed by atoms with Crippen LogP contribution in [-0.2, 0) is 16.0 Å². The fourth-order valence-electron chi connectivity index (χ4n) is 3.13. The molecule has 1 atom stereocenters.